The number of rotatable bonds is 2. The molecule has 0 fully saturated rings. The van der Waals surface area contributed by atoms with Gasteiger partial charge < -0.3 is 0 Å². The van der Waals surface area contributed by atoms with Crippen LogP contribution in [-0.2, 0) is 0 Å². The van der Waals surface area contributed by atoms with E-state index in [0.29, 0.717) is 16.5 Å². The predicted molar refractivity (Wildman–Crippen MR) is 71.9 cm³/mol. The van der Waals surface area contributed by atoms with Crippen LogP contribution in [0.2, 0.25) is 5.15 Å². The highest BCUT2D eigenvalue weighted by atomic mass is 35.5. The van der Waals surface area contributed by atoms with Gasteiger partial charge in [-0.1, -0.05) is 29.8 Å². The van der Waals surface area contributed by atoms with Gasteiger partial charge >= 0.3 is 0 Å². The molecule has 3 nitrogen and oxygen atoms in total. The van der Waals surface area contributed by atoms with Gasteiger partial charge in [0, 0.05) is 5.69 Å². The van der Waals surface area contributed by atoms with Gasteiger partial charge in [-0.25, -0.2) is 9.97 Å². The minimum atomic E-state index is 0.432. The Bertz CT molecular complexity index is 604. The molecule has 0 atom stereocenters. The number of aryl methyl sites for hydroxylation is 1. The molecule has 0 spiro atoms. The maximum absolute atomic E-state index is 8.69. The quantitative estimate of drug-likeness (QED) is 0.772. The van der Waals surface area contributed by atoms with Crippen LogP contribution in [-0.4, -0.2) is 9.97 Å². The van der Waals surface area contributed by atoms with Gasteiger partial charge in [0.05, 0.1) is 11.6 Å². The van der Waals surface area contributed by atoms with Crippen LogP contribution in [0.25, 0.3) is 12.2 Å². The Morgan fingerprint density at radius 2 is 1.89 bits per heavy atom. The van der Waals surface area contributed by atoms with Gasteiger partial charge in [-0.2, -0.15) is 5.26 Å². The number of halogens is 1. The van der Waals surface area contributed by atoms with E-state index in [0.717, 1.165) is 11.3 Å². The molecular weight excluding hydrogens is 246 g/mol. The summed E-state index contributed by atoms with van der Waals surface area (Å²) in [4.78, 5) is 8.35. The molecule has 0 unspecified atom stereocenters. The average Bonchev–Trinajstić information content (AvgIpc) is 2.36. The smallest absolute Gasteiger partial charge is 0.153 e. The lowest BCUT2D eigenvalue weighted by molar-refractivity contribution is 1.08. The molecule has 2 rings (SSSR count). The van der Waals surface area contributed by atoms with Crippen LogP contribution in [0, 0.1) is 18.3 Å². The molecule has 1 aromatic carbocycles. The van der Waals surface area contributed by atoms with E-state index in [1.54, 1.807) is 24.3 Å². The number of hydrogen-bond donors (Lipinski definition) is 0. The summed E-state index contributed by atoms with van der Waals surface area (Å²) in [7, 11) is 0. The number of hydrogen-bond acceptors (Lipinski definition) is 3. The Kier molecular flexibility index (Phi) is 3.71. The summed E-state index contributed by atoms with van der Waals surface area (Å²) < 4.78 is 0. The lowest BCUT2D eigenvalue weighted by Crippen LogP contribution is -1.90. The number of benzene rings is 1. The second-order valence-corrected chi connectivity index (χ2v) is 4.14. The fraction of sp³-hybridized carbons (Fsp3) is 0.0714. The zero-order valence-corrected chi connectivity index (χ0v) is 10.5. The molecule has 18 heavy (non-hydrogen) atoms. The molecule has 0 amide bonds. The Labute approximate surface area is 110 Å². The van der Waals surface area contributed by atoms with Crippen molar-refractivity contribution >= 4 is 23.8 Å². The highest BCUT2D eigenvalue weighted by Gasteiger charge is 1.96. The largest absolute Gasteiger partial charge is 0.234 e. The first-order valence-corrected chi connectivity index (χ1v) is 5.74. The van der Waals surface area contributed by atoms with Crippen LogP contribution in [0.4, 0.5) is 0 Å². The van der Waals surface area contributed by atoms with Gasteiger partial charge in [0.1, 0.15) is 5.15 Å². The van der Waals surface area contributed by atoms with Gasteiger partial charge in [-0.3, -0.25) is 0 Å². The van der Waals surface area contributed by atoms with Gasteiger partial charge in [0.2, 0.25) is 0 Å². The summed E-state index contributed by atoms with van der Waals surface area (Å²) in [5.41, 5.74) is 2.45. The fourth-order valence-electron chi connectivity index (χ4n) is 1.47. The number of nitriles is 1. The fourth-order valence-corrected chi connectivity index (χ4v) is 1.71. The van der Waals surface area contributed by atoms with E-state index in [9.17, 15) is 0 Å². The molecule has 4 heteroatoms. The molecule has 0 aliphatic heterocycles. The summed E-state index contributed by atoms with van der Waals surface area (Å²) in [6.07, 6.45) is 3.67. The van der Waals surface area contributed by atoms with E-state index in [2.05, 4.69) is 16.0 Å². The molecule has 0 aliphatic carbocycles. The van der Waals surface area contributed by atoms with E-state index >= 15 is 0 Å². The van der Waals surface area contributed by atoms with E-state index in [1.165, 1.54) is 0 Å². The molecular formula is C14H10ClN3. The van der Waals surface area contributed by atoms with Gasteiger partial charge in [-0.15, -0.1) is 0 Å². The standard InChI is InChI=1S/C14H10ClN3/c1-10-8-13(15)18-14(17-10)7-6-11-2-4-12(9-16)5-3-11/h2-8H,1H3/b7-6+. The van der Waals surface area contributed by atoms with Crippen LogP contribution in [0.1, 0.15) is 22.6 Å². The molecule has 0 aliphatic rings. The first kappa shape index (κ1) is 12.3. The van der Waals surface area contributed by atoms with Gasteiger partial charge in [0.15, 0.2) is 5.82 Å². The van der Waals surface area contributed by atoms with E-state index in [1.807, 2.05) is 25.1 Å². The monoisotopic (exact) mass is 255 g/mol. The van der Waals surface area contributed by atoms with Crippen molar-refractivity contribution in [2.45, 2.75) is 6.92 Å². The topological polar surface area (TPSA) is 49.6 Å². The SMILES string of the molecule is Cc1cc(Cl)nc(/C=C/c2ccc(C#N)cc2)n1. The van der Waals surface area contributed by atoms with Crippen molar-refractivity contribution in [2.75, 3.05) is 0 Å². The zero-order valence-electron chi connectivity index (χ0n) is 9.76. The summed E-state index contributed by atoms with van der Waals surface area (Å²) in [6, 6.07) is 11.1. The van der Waals surface area contributed by atoms with Crippen molar-refractivity contribution < 1.29 is 0 Å². The van der Waals surface area contributed by atoms with E-state index in [4.69, 9.17) is 16.9 Å². The third-order valence-electron chi connectivity index (χ3n) is 2.30. The number of aromatic nitrogens is 2. The van der Waals surface area contributed by atoms with Crippen LogP contribution in [0.15, 0.2) is 30.3 Å². The van der Waals surface area contributed by atoms with Crippen LogP contribution >= 0.6 is 11.6 Å². The first-order chi connectivity index (χ1) is 8.67. The van der Waals surface area contributed by atoms with Crippen molar-refractivity contribution in [1.82, 2.24) is 9.97 Å². The maximum Gasteiger partial charge on any atom is 0.153 e. The lowest BCUT2D eigenvalue weighted by Gasteiger charge is -1.97. The Hall–Kier alpha value is -2.18. The summed E-state index contributed by atoms with van der Waals surface area (Å²) in [5.74, 6) is 0.573. The van der Waals surface area contributed by atoms with Crippen molar-refractivity contribution in [3.63, 3.8) is 0 Å². The average molecular weight is 256 g/mol. The lowest BCUT2D eigenvalue weighted by atomic mass is 10.1. The highest BCUT2D eigenvalue weighted by Crippen LogP contribution is 2.10. The first-order valence-electron chi connectivity index (χ1n) is 5.37. The zero-order chi connectivity index (χ0) is 13.0. The van der Waals surface area contributed by atoms with E-state index < -0.39 is 0 Å². The van der Waals surface area contributed by atoms with Crippen molar-refractivity contribution in [3.05, 3.63) is 58.1 Å². The molecule has 88 valence electrons. The van der Waals surface area contributed by atoms with E-state index in [-0.39, 0.29) is 0 Å². The second kappa shape index (κ2) is 5.44. The molecule has 2 aromatic rings. The van der Waals surface area contributed by atoms with Gasteiger partial charge in [-0.05, 0) is 36.8 Å². The van der Waals surface area contributed by atoms with Crippen LogP contribution < -0.4 is 0 Å². The minimum absolute atomic E-state index is 0.432. The minimum Gasteiger partial charge on any atom is -0.234 e. The number of nitrogens with zero attached hydrogens (tertiary/aromatic N) is 3. The molecule has 0 N–H and O–H groups in total. The normalized spacial score (nSPS) is 10.5. The Morgan fingerprint density at radius 1 is 1.17 bits per heavy atom. The molecule has 0 bridgehead atoms. The third-order valence-corrected chi connectivity index (χ3v) is 2.50. The summed E-state index contributed by atoms with van der Waals surface area (Å²) in [5, 5.41) is 9.13. The molecule has 0 saturated heterocycles. The van der Waals surface area contributed by atoms with Crippen LogP contribution in [0.5, 0.6) is 0 Å². The Morgan fingerprint density at radius 3 is 2.50 bits per heavy atom. The molecule has 0 radical (unpaired) electrons. The van der Waals surface area contributed by atoms with Crippen LogP contribution in [0.3, 0.4) is 0 Å². The van der Waals surface area contributed by atoms with Gasteiger partial charge in [0.25, 0.3) is 0 Å². The molecule has 1 aromatic heterocycles. The summed E-state index contributed by atoms with van der Waals surface area (Å²) >= 11 is 5.85. The Balaban J connectivity index is 2.21. The maximum atomic E-state index is 8.69. The summed E-state index contributed by atoms with van der Waals surface area (Å²) in [6.45, 7) is 1.87. The molecule has 1 heterocycles. The molecule has 0 saturated carbocycles. The second-order valence-electron chi connectivity index (χ2n) is 3.76. The third kappa shape index (κ3) is 3.16. The van der Waals surface area contributed by atoms with Crippen molar-refractivity contribution in [1.29, 1.82) is 5.26 Å². The predicted octanol–water partition coefficient (Wildman–Crippen LogP) is 3.48. The van der Waals surface area contributed by atoms with Crippen molar-refractivity contribution in [3.8, 4) is 6.07 Å². The highest BCUT2D eigenvalue weighted by molar-refractivity contribution is 6.29. The van der Waals surface area contributed by atoms with Crippen molar-refractivity contribution in [2.24, 2.45) is 0 Å².